The molecule has 2 bridgehead atoms. The Bertz CT molecular complexity index is 1900. The van der Waals surface area contributed by atoms with Gasteiger partial charge in [-0.1, -0.05) is 26.1 Å². The number of nitrogens with one attached hydrogen (secondary N) is 2. The number of imidazole rings is 1. The molecule has 0 radical (unpaired) electrons. The molecule has 2 saturated heterocycles. The third-order valence-electron chi connectivity index (χ3n) is 8.00. The molecule has 0 aromatic carbocycles. The zero-order valence-corrected chi connectivity index (χ0v) is 30.1. The highest BCUT2D eigenvalue weighted by molar-refractivity contribution is 8.44. The maximum atomic E-state index is 16.4. The lowest BCUT2D eigenvalue weighted by atomic mass is 10.1. The lowest BCUT2D eigenvalue weighted by Crippen LogP contribution is -2.32. The van der Waals surface area contributed by atoms with Gasteiger partial charge in [-0.25, -0.2) is 23.9 Å². The van der Waals surface area contributed by atoms with Crippen LogP contribution in [0.2, 0.25) is 0 Å². The van der Waals surface area contributed by atoms with Crippen molar-refractivity contribution >= 4 is 60.6 Å². The van der Waals surface area contributed by atoms with E-state index in [0.717, 1.165) is 0 Å². The number of carbonyl (C=O) groups excluding carboxylic acids is 1. The summed E-state index contributed by atoms with van der Waals surface area (Å²) in [6, 6.07) is 3.54. The van der Waals surface area contributed by atoms with E-state index in [1.165, 1.54) is 23.4 Å². The molecule has 1 saturated carbocycles. The number of aromatic amines is 1. The number of amides is 1. The number of thiol groups is 1. The molecule has 2 aliphatic heterocycles. The van der Waals surface area contributed by atoms with E-state index in [-0.39, 0.29) is 43.2 Å². The minimum atomic E-state index is -4.13. The van der Waals surface area contributed by atoms with Crippen molar-refractivity contribution in [2.45, 2.75) is 69.9 Å². The number of alkyl halides is 1. The predicted octanol–water partition coefficient (Wildman–Crippen LogP) is 3.61. The first kappa shape index (κ1) is 36.9. The molecule has 23 heteroatoms. The molecule has 50 heavy (non-hydrogen) atoms. The number of anilines is 1. The Labute approximate surface area is 294 Å². The highest BCUT2D eigenvalue weighted by Crippen LogP contribution is 2.59. The summed E-state index contributed by atoms with van der Waals surface area (Å²) in [5, 5.41) is 11.7. The number of carbonyl (C=O) groups is 1. The Morgan fingerprint density at radius 1 is 1.28 bits per heavy atom. The Hall–Kier alpha value is -2.89. The van der Waals surface area contributed by atoms with Crippen LogP contribution < -0.4 is 15.6 Å². The SMILES string of the molecule is CC(C)C(=O)Nc1nc2c(ncn2[C@@H]2O[C@@H]3COP(=O)(S)O[C@H]4C[C@H](Oc5ccncn5)C[C@@H]4COP(=S)(OCCC#N)O[C@@H]2[C@@H]3F)c(=O)[nH]1. The lowest BCUT2D eigenvalue weighted by molar-refractivity contribution is -0.118. The highest BCUT2D eigenvalue weighted by Gasteiger charge is 2.52. The Kier molecular flexibility index (Phi) is 11.3. The van der Waals surface area contributed by atoms with E-state index in [0.29, 0.717) is 12.3 Å². The number of rotatable bonds is 8. The van der Waals surface area contributed by atoms with E-state index < -0.39 is 80.2 Å². The van der Waals surface area contributed by atoms with Crippen LogP contribution in [0.3, 0.4) is 0 Å². The van der Waals surface area contributed by atoms with E-state index in [1.807, 2.05) is 6.07 Å². The second-order valence-electron chi connectivity index (χ2n) is 11.9. The van der Waals surface area contributed by atoms with Gasteiger partial charge in [0.1, 0.15) is 24.6 Å². The minimum Gasteiger partial charge on any atom is -0.474 e. The van der Waals surface area contributed by atoms with Gasteiger partial charge in [0.15, 0.2) is 23.6 Å². The van der Waals surface area contributed by atoms with Crippen LogP contribution in [0.25, 0.3) is 11.2 Å². The Morgan fingerprint density at radius 3 is 2.84 bits per heavy atom. The summed E-state index contributed by atoms with van der Waals surface area (Å²) in [5.41, 5.74) is -0.899. The molecular formula is C27H33FN8O10P2S2. The van der Waals surface area contributed by atoms with Crippen molar-refractivity contribution in [3.8, 4) is 11.9 Å². The summed E-state index contributed by atoms with van der Waals surface area (Å²) in [4.78, 5) is 44.1. The van der Waals surface area contributed by atoms with Gasteiger partial charge in [0.2, 0.25) is 17.7 Å². The molecule has 9 atom stereocenters. The maximum absolute atomic E-state index is 16.4. The Balaban J connectivity index is 1.32. The number of H-pyrrole nitrogens is 1. The molecule has 270 valence electrons. The Morgan fingerprint density at radius 2 is 2.10 bits per heavy atom. The summed E-state index contributed by atoms with van der Waals surface area (Å²) in [7, 11) is 0. The summed E-state index contributed by atoms with van der Waals surface area (Å²) >= 11 is 9.91. The second-order valence-corrected chi connectivity index (χ2v) is 17.7. The molecule has 3 aromatic rings. The first-order chi connectivity index (χ1) is 23.8. The van der Waals surface area contributed by atoms with E-state index >= 15 is 4.39 Å². The van der Waals surface area contributed by atoms with Gasteiger partial charge in [-0.15, -0.1) is 0 Å². The van der Waals surface area contributed by atoms with Gasteiger partial charge < -0.3 is 18.5 Å². The van der Waals surface area contributed by atoms with Gasteiger partial charge >= 0.3 is 13.5 Å². The fourth-order valence-electron chi connectivity index (χ4n) is 5.56. The smallest absolute Gasteiger partial charge is 0.386 e. The first-order valence-corrected chi connectivity index (χ1v) is 20.7. The molecular weight excluding hydrogens is 741 g/mol. The van der Waals surface area contributed by atoms with E-state index in [2.05, 4.69) is 42.5 Å². The molecule has 3 aromatic heterocycles. The average molecular weight is 775 g/mol. The molecule has 3 fully saturated rings. The van der Waals surface area contributed by atoms with Crippen molar-refractivity contribution in [1.82, 2.24) is 29.5 Å². The molecule has 0 spiro atoms. The van der Waals surface area contributed by atoms with Crippen LogP contribution in [0.5, 0.6) is 5.88 Å². The van der Waals surface area contributed by atoms with Crippen LogP contribution >= 0.6 is 25.8 Å². The summed E-state index contributed by atoms with van der Waals surface area (Å²) in [6.07, 6.45) is -3.01. The molecule has 6 rings (SSSR count). The largest absolute Gasteiger partial charge is 0.474 e. The van der Waals surface area contributed by atoms with Crippen molar-refractivity contribution in [1.29, 1.82) is 5.26 Å². The number of hydrogen-bond acceptors (Lipinski definition) is 16. The number of fused-ring (bicyclic) bond motifs is 4. The summed E-state index contributed by atoms with van der Waals surface area (Å²) in [6.45, 7) is -5.62. The molecule has 1 aliphatic carbocycles. The number of halogens is 1. The number of aromatic nitrogens is 6. The number of nitriles is 1. The van der Waals surface area contributed by atoms with Crippen LogP contribution in [0, 0.1) is 23.2 Å². The molecule has 5 heterocycles. The molecule has 3 aliphatic rings. The molecule has 2 N–H and O–H groups in total. The van der Waals surface area contributed by atoms with Crippen LogP contribution in [-0.4, -0.2) is 85.8 Å². The van der Waals surface area contributed by atoms with Gasteiger partial charge in [0.25, 0.3) is 5.56 Å². The van der Waals surface area contributed by atoms with Gasteiger partial charge in [-0.05, 0) is 18.2 Å². The lowest BCUT2D eigenvalue weighted by Gasteiger charge is -2.30. The number of hydrogen-bond donors (Lipinski definition) is 3. The van der Waals surface area contributed by atoms with Crippen LogP contribution in [0.1, 0.15) is 39.3 Å². The fourth-order valence-corrected chi connectivity index (χ4v) is 9.23. The first-order valence-electron chi connectivity index (χ1n) is 15.4. The monoisotopic (exact) mass is 774 g/mol. The number of nitrogens with zero attached hydrogens (tertiary/aromatic N) is 6. The fraction of sp³-hybridized carbons (Fsp3) is 0.593. The maximum Gasteiger partial charge on any atom is 0.386 e. The quantitative estimate of drug-likeness (QED) is 0.169. The summed E-state index contributed by atoms with van der Waals surface area (Å²) in [5.74, 6) is -1.18. The van der Waals surface area contributed by atoms with Gasteiger partial charge in [0, 0.05) is 30.5 Å². The molecule has 2 unspecified atom stereocenters. The van der Waals surface area contributed by atoms with Crippen molar-refractivity contribution in [3.63, 3.8) is 0 Å². The zero-order valence-electron chi connectivity index (χ0n) is 26.6. The normalized spacial score (nSPS) is 33.2. The zero-order chi connectivity index (χ0) is 35.6. The van der Waals surface area contributed by atoms with E-state index in [1.54, 1.807) is 19.9 Å². The topological polar surface area (TPSA) is 224 Å². The van der Waals surface area contributed by atoms with Crippen molar-refractivity contribution in [2.75, 3.05) is 25.1 Å². The van der Waals surface area contributed by atoms with Crippen molar-refractivity contribution < 1.29 is 45.8 Å². The van der Waals surface area contributed by atoms with Crippen LogP contribution in [-0.2, 0) is 48.5 Å². The predicted molar refractivity (Wildman–Crippen MR) is 178 cm³/mol. The molecule has 1 amide bonds. The second kappa shape index (κ2) is 15.4. The molecule has 18 nitrogen and oxygen atoms in total. The third kappa shape index (κ3) is 8.42. The minimum absolute atomic E-state index is 0.0677. The van der Waals surface area contributed by atoms with Gasteiger partial charge in [-0.3, -0.25) is 38.0 Å². The summed E-state index contributed by atoms with van der Waals surface area (Å²) < 4.78 is 72.6. The average Bonchev–Trinajstić information content (AvgIpc) is 3.74. The van der Waals surface area contributed by atoms with Crippen molar-refractivity contribution in [2.24, 2.45) is 11.8 Å². The number of ether oxygens (including phenoxy) is 2. The van der Waals surface area contributed by atoms with Crippen molar-refractivity contribution in [3.05, 3.63) is 35.3 Å². The van der Waals surface area contributed by atoms with E-state index in [9.17, 15) is 14.2 Å². The standard InChI is InChI=1S/C27H33FN8O10P2S2/c1-14(2)24(37)34-27-33-23-21(25(38)35-27)32-13-36(23)26-22-20(28)18(44-26)11-41-47(39,49)45-17-9-16(43-19-4-6-30-12-31-19)8-15(17)10-42-48(50,46-22)40-7-3-5-29/h4,6,12-18,20,22,26H,3,7-11H2,1-2H3,(H,39,49)(H2,33,34,35,37,38)/t15-,16-,17+,18-,20-,22-,26-,47?,48?/m1/s1. The van der Waals surface area contributed by atoms with Gasteiger partial charge in [-0.2, -0.15) is 10.2 Å². The van der Waals surface area contributed by atoms with Crippen LogP contribution in [0.15, 0.2) is 29.7 Å². The van der Waals surface area contributed by atoms with Gasteiger partial charge in [0.05, 0.1) is 44.7 Å². The van der Waals surface area contributed by atoms with Crippen LogP contribution in [0.4, 0.5) is 10.3 Å². The highest BCUT2D eigenvalue weighted by atomic mass is 32.7. The van der Waals surface area contributed by atoms with E-state index in [4.69, 9.17) is 49.2 Å². The third-order valence-corrected chi connectivity index (χ3v) is 12.0.